The van der Waals surface area contributed by atoms with Gasteiger partial charge >= 0.3 is 0 Å². The third-order valence-electron chi connectivity index (χ3n) is 4.49. The third kappa shape index (κ3) is 5.56. The van der Waals surface area contributed by atoms with Gasteiger partial charge in [0.25, 0.3) is 0 Å². The maximum absolute atomic E-state index is 12.5. The highest BCUT2D eigenvalue weighted by molar-refractivity contribution is 5.89. The molecule has 0 spiro atoms. The van der Waals surface area contributed by atoms with E-state index in [1.54, 1.807) is 12.1 Å². The van der Waals surface area contributed by atoms with Crippen LogP contribution in [0.3, 0.4) is 0 Å². The molecule has 25 heavy (non-hydrogen) atoms. The molecule has 0 unspecified atom stereocenters. The van der Waals surface area contributed by atoms with Crippen molar-refractivity contribution in [2.45, 2.75) is 37.8 Å². The van der Waals surface area contributed by atoms with E-state index in [-0.39, 0.29) is 30.9 Å². The van der Waals surface area contributed by atoms with Gasteiger partial charge in [0, 0.05) is 13.1 Å². The molecule has 136 valence electrons. The minimum Gasteiger partial charge on any atom is -0.369 e. The molecule has 0 aromatic heterocycles. The fraction of sp³-hybridized carbons (Fsp3) is 0.500. The highest BCUT2D eigenvalue weighted by Gasteiger charge is 2.27. The first-order chi connectivity index (χ1) is 12.0. The molecule has 1 aromatic carbocycles. The molecule has 0 bridgehead atoms. The summed E-state index contributed by atoms with van der Waals surface area (Å²) >= 11 is 0. The van der Waals surface area contributed by atoms with E-state index in [0.29, 0.717) is 5.56 Å². The number of carbonyl (C=O) groups is 3. The molecule has 1 saturated carbocycles. The summed E-state index contributed by atoms with van der Waals surface area (Å²) in [6.45, 7) is 0.0992. The van der Waals surface area contributed by atoms with Crippen LogP contribution < -0.4 is 16.4 Å². The molecule has 3 amide bonds. The van der Waals surface area contributed by atoms with Gasteiger partial charge in [0.2, 0.25) is 17.7 Å². The lowest BCUT2D eigenvalue weighted by atomic mass is 10.1. The van der Waals surface area contributed by atoms with E-state index in [4.69, 9.17) is 5.73 Å². The summed E-state index contributed by atoms with van der Waals surface area (Å²) in [4.78, 5) is 37.8. The molecule has 4 N–H and O–H groups in total. The van der Waals surface area contributed by atoms with Gasteiger partial charge in [-0.15, -0.1) is 0 Å². The van der Waals surface area contributed by atoms with Gasteiger partial charge in [-0.3, -0.25) is 19.3 Å². The topological polar surface area (TPSA) is 105 Å². The maximum Gasteiger partial charge on any atom is 0.246 e. The van der Waals surface area contributed by atoms with Crippen LogP contribution in [0.15, 0.2) is 30.3 Å². The van der Waals surface area contributed by atoms with E-state index < -0.39 is 11.9 Å². The number of carbonyl (C=O) groups excluding carboxylic acids is 3. The van der Waals surface area contributed by atoms with Crippen LogP contribution in [0, 0.1) is 0 Å². The zero-order valence-electron chi connectivity index (χ0n) is 14.5. The lowest BCUT2D eigenvalue weighted by Crippen LogP contribution is -2.48. The molecule has 2 rings (SSSR count). The molecule has 0 radical (unpaired) electrons. The van der Waals surface area contributed by atoms with Crippen LogP contribution in [0.25, 0.3) is 0 Å². The number of hydrogen-bond acceptors (Lipinski definition) is 4. The minimum absolute atomic E-state index is 0.0495. The molecule has 7 heteroatoms. The number of nitrogens with one attached hydrogen (secondary N) is 2. The van der Waals surface area contributed by atoms with Crippen molar-refractivity contribution >= 4 is 17.7 Å². The Morgan fingerprint density at radius 2 is 1.80 bits per heavy atom. The predicted molar refractivity (Wildman–Crippen MR) is 94.4 cm³/mol. The van der Waals surface area contributed by atoms with Crippen LogP contribution in [-0.4, -0.2) is 48.8 Å². The van der Waals surface area contributed by atoms with E-state index >= 15 is 0 Å². The highest BCUT2D eigenvalue weighted by Crippen LogP contribution is 2.23. The van der Waals surface area contributed by atoms with Crippen molar-refractivity contribution in [1.29, 1.82) is 0 Å². The largest absolute Gasteiger partial charge is 0.369 e. The van der Waals surface area contributed by atoms with E-state index in [0.717, 1.165) is 25.7 Å². The second-order valence-corrected chi connectivity index (χ2v) is 6.34. The lowest BCUT2D eigenvalue weighted by Gasteiger charge is -2.27. The second-order valence-electron chi connectivity index (χ2n) is 6.34. The number of rotatable bonds is 8. The Labute approximate surface area is 147 Å². The molecular weight excluding hydrogens is 320 g/mol. The Kier molecular flexibility index (Phi) is 6.94. The molecule has 0 aliphatic heterocycles. The number of primary amides is 1. The van der Waals surface area contributed by atoms with Crippen molar-refractivity contribution in [3.8, 4) is 0 Å². The molecule has 7 nitrogen and oxygen atoms in total. The number of nitrogens with zero attached hydrogens (tertiary/aromatic N) is 1. The van der Waals surface area contributed by atoms with Crippen LogP contribution in [0.4, 0.5) is 0 Å². The molecule has 1 aliphatic carbocycles. The Morgan fingerprint density at radius 1 is 1.16 bits per heavy atom. The van der Waals surface area contributed by atoms with Gasteiger partial charge in [0.15, 0.2) is 0 Å². The maximum atomic E-state index is 12.5. The average Bonchev–Trinajstić information content (AvgIpc) is 3.13. The summed E-state index contributed by atoms with van der Waals surface area (Å²) in [5.74, 6) is -1.04. The van der Waals surface area contributed by atoms with Gasteiger partial charge in [-0.25, -0.2) is 0 Å². The average molecular weight is 346 g/mol. The van der Waals surface area contributed by atoms with E-state index in [9.17, 15) is 14.4 Å². The standard InChI is InChI=1S/C18H26N4O3/c1-20-18(25)17(13-7-3-2-4-8-13)21-16(24)12-22(11-15(19)23)14-9-5-6-10-14/h2-4,7-8,14,17H,5-6,9-12H2,1H3,(H2,19,23)(H,20,25)(H,21,24)/t17-/m1/s1. The lowest BCUT2D eigenvalue weighted by molar-refractivity contribution is -0.130. The first kappa shape index (κ1) is 18.9. The number of amides is 3. The smallest absolute Gasteiger partial charge is 0.246 e. The van der Waals surface area contributed by atoms with Crippen molar-refractivity contribution in [1.82, 2.24) is 15.5 Å². The fourth-order valence-electron chi connectivity index (χ4n) is 3.26. The van der Waals surface area contributed by atoms with Crippen molar-refractivity contribution in [3.05, 3.63) is 35.9 Å². The summed E-state index contributed by atoms with van der Waals surface area (Å²) in [6, 6.07) is 8.48. The Morgan fingerprint density at radius 3 is 2.36 bits per heavy atom. The van der Waals surface area contributed by atoms with Gasteiger partial charge < -0.3 is 16.4 Å². The van der Waals surface area contributed by atoms with Gasteiger partial charge in [0.1, 0.15) is 6.04 Å². The fourth-order valence-corrected chi connectivity index (χ4v) is 3.26. The Hall–Kier alpha value is -2.41. The van der Waals surface area contributed by atoms with Crippen molar-refractivity contribution in [2.75, 3.05) is 20.1 Å². The van der Waals surface area contributed by atoms with Gasteiger partial charge in [-0.05, 0) is 18.4 Å². The van der Waals surface area contributed by atoms with Gasteiger partial charge in [0.05, 0.1) is 13.1 Å². The molecule has 0 heterocycles. The molecule has 1 fully saturated rings. The first-order valence-electron chi connectivity index (χ1n) is 8.59. The zero-order valence-corrected chi connectivity index (χ0v) is 14.5. The second kappa shape index (κ2) is 9.17. The van der Waals surface area contributed by atoms with E-state index in [1.165, 1.54) is 7.05 Å². The summed E-state index contributed by atoms with van der Waals surface area (Å²) in [7, 11) is 1.53. The first-order valence-corrected chi connectivity index (χ1v) is 8.59. The van der Waals surface area contributed by atoms with Crippen molar-refractivity contribution in [3.63, 3.8) is 0 Å². The summed E-state index contributed by atoms with van der Waals surface area (Å²) < 4.78 is 0. The summed E-state index contributed by atoms with van der Waals surface area (Å²) in [5, 5.41) is 5.33. The van der Waals surface area contributed by atoms with Gasteiger partial charge in [-0.1, -0.05) is 43.2 Å². The third-order valence-corrected chi connectivity index (χ3v) is 4.49. The van der Waals surface area contributed by atoms with Crippen LogP contribution in [0.5, 0.6) is 0 Å². The Balaban J connectivity index is 2.05. The predicted octanol–water partition coefficient (Wildman–Crippen LogP) is 0.320. The quantitative estimate of drug-likeness (QED) is 0.630. The normalized spacial score (nSPS) is 15.8. The van der Waals surface area contributed by atoms with E-state index in [1.807, 2.05) is 23.1 Å². The summed E-state index contributed by atoms with van der Waals surface area (Å²) in [5.41, 5.74) is 6.03. The molecule has 1 aromatic rings. The van der Waals surface area contributed by atoms with Crippen molar-refractivity contribution < 1.29 is 14.4 Å². The number of nitrogens with two attached hydrogens (primary N) is 1. The molecular formula is C18H26N4O3. The van der Waals surface area contributed by atoms with Gasteiger partial charge in [-0.2, -0.15) is 0 Å². The number of hydrogen-bond donors (Lipinski definition) is 3. The summed E-state index contributed by atoms with van der Waals surface area (Å²) in [6.07, 6.45) is 4.09. The SMILES string of the molecule is CNC(=O)[C@H](NC(=O)CN(CC(N)=O)C1CCCC1)c1ccccc1. The van der Waals surface area contributed by atoms with Crippen LogP contribution in [0.2, 0.25) is 0 Å². The number of likely N-dealkylation sites (N-methyl/N-ethyl adjacent to an activating group) is 1. The molecule has 1 aliphatic rings. The minimum atomic E-state index is -0.766. The monoisotopic (exact) mass is 346 g/mol. The van der Waals surface area contributed by atoms with Crippen LogP contribution in [0.1, 0.15) is 37.3 Å². The molecule has 0 saturated heterocycles. The highest BCUT2D eigenvalue weighted by atomic mass is 16.2. The number of benzene rings is 1. The Bertz CT molecular complexity index is 600. The van der Waals surface area contributed by atoms with E-state index in [2.05, 4.69) is 10.6 Å². The van der Waals surface area contributed by atoms with Crippen LogP contribution >= 0.6 is 0 Å². The van der Waals surface area contributed by atoms with Crippen molar-refractivity contribution in [2.24, 2.45) is 5.73 Å². The molecule has 1 atom stereocenters. The van der Waals surface area contributed by atoms with Crippen LogP contribution in [-0.2, 0) is 14.4 Å². The zero-order chi connectivity index (χ0) is 18.2.